The Bertz CT molecular complexity index is 273. The van der Waals surface area contributed by atoms with E-state index in [2.05, 4.69) is 11.4 Å². The van der Waals surface area contributed by atoms with Crippen molar-refractivity contribution in [3.63, 3.8) is 0 Å². The lowest BCUT2D eigenvalue weighted by Crippen LogP contribution is -2.16. The number of thioether (sulfide) groups is 1. The van der Waals surface area contributed by atoms with Gasteiger partial charge in [0.1, 0.15) is 5.76 Å². The van der Waals surface area contributed by atoms with Crippen molar-refractivity contribution >= 4 is 17.8 Å². The van der Waals surface area contributed by atoms with Gasteiger partial charge in [-0.2, -0.15) is 11.8 Å². The lowest BCUT2D eigenvalue weighted by Gasteiger charge is -2.00. The first kappa shape index (κ1) is 13.4. The summed E-state index contributed by atoms with van der Waals surface area (Å²) >= 11 is 1.87. The second-order valence-electron chi connectivity index (χ2n) is 3.31. The van der Waals surface area contributed by atoms with Crippen LogP contribution in [0.2, 0.25) is 0 Å². The summed E-state index contributed by atoms with van der Waals surface area (Å²) in [5.74, 6) is 3.02. The maximum atomic E-state index is 8.58. The molecule has 0 fully saturated rings. The number of furan rings is 1. The van der Waals surface area contributed by atoms with Gasteiger partial charge in [-0.3, -0.25) is 0 Å². The maximum absolute atomic E-state index is 8.58. The van der Waals surface area contributed by atoms with Gasteiger partial charge in [0.25, 0.3) is 0 Å². The van der Waals surface area contributed by atoms with E-state index in [4.69, 9.17) is 9.52 Å². The van der Waals surface area contributed by atoms with Crippen molar-refractivity contribution in [2.24, 2.45) is 0 Å². The van der Waals surface area contributed by atoms with Gasteiger partial charge in [0.05, 0.1) is 6.26 Å². The third-order valence-electron chi connectivity index (χ3n) is 1.96. The number of aliphatic hydroxyl groups is 1. The molecule has 0 aliphatic heterocycles. The van der Waals surface area contributed by atoms with Crippen molar-refractivity contribution in [3.05, 3.63) is 30.2 Å². The van der Waals surface area contributed by atoms with Crippen LogP contribution in [0.4, 0.5) is 0 Å². The first-order valence-electron chi connectivity index (χ1n) is 5.53. The number of nitrogens with one attached hydrogen (secondary N) is 1. The Kier molecular flexibility index (Phi) is 7.94. The Hall–Kier alpha value is -0.710. The van der Waals surface area contributed by atoms with E-state index in [1.807, 2.05) is 30.0 Å². The molecule has 2 N–H and O–H groups in total. The van der Waals surface area contributed by atoms with Crippen LogP contribution in [-0.4, -0.2) is 36.3 Å². The van der Waals surface area contributed by atoms with Crippen molar-refractivity contribution in [2.75, 3.05) is 31.2 Å². The summed E-state index contributed by atoms with van der Waals surface area (Å²) in [7, 11) is 0. The third kappa shape index (κ3) is 6.71. The van der Waals surface area contributed by atoms with E-state index in [-0.39, 0.29) is 0 Å². The zero-order valence-corrected chi connectivity index (χ0v) is 10.2. The standard InChI is InChI=1S/C12H19NO2S/c14-8-3-10-16-11-7-13-6-1-4-12-5-2-9-15-12/h1-2,4-5,9,13-14H,3,6-8,10-11H2/b4-1+. The molecular weight excluding hydrogens is 222 g/mol. The topological polar surface area (TPSA) is 45.4 Å². The zero-order chi connectivity index (χ0) is 11.5. The Morgan fingerprint density at radius 1 is 1.44 bits per heavy atom. The van der Waals surface area contributed by atoms with Crippen LogP contribution >= 0.6 is 11.8 Å². The summed E-state index contributed by atoms with van der Waals surface area (Å²) in [5, 5.41) is 11.9. The van der Waals surface area contributed by atoms with Crippen molar-refractivity contribution in [3.8, 4) is 0 Å². The molecule has 1 rings (SSSR count). The van der Waals surface area contributed by atoms with E-state index in [0.29, 0.717) is 6.61 Å². The Morgan fingerprint density at radius 2 is 2.38 bits per heavy atom. The molecule has 1 heterocycles. The fourth-order valence-corrected chi connectivity index (χ4v) is 1.99. The fraction of sp³-hybridized carbons (Fsp3) is 0.500. The summed E-state index contributed by atoms with van der Waals surface area (Å²) in [6, 6.07) is 3.81. The minimum absolute atomic E-state index is 0.298. The van der Waals surface area contributed by atoms with Gasteiger partial charge in [-0.15, -0.1) is 0 Å². The molecule has 0 aromatic carbocycles. The highest BCUT2D eigenvalue weighted by atomic mass is 32.2. The average molecular weight is 241 g/mol. The molecule has 0 saturated heterocycles. The molecule has 1 aromatic heterocycles. The Balaban J connectivity index is 1.88. The van der Waals surface area contributed by atoms with Crippen molar-refractivity contribution in [1.29, 1.82) is 0 Å². The summed E-state index contributed by atoms with van der Waals surface area (Å²) in [6.45, 7) is 2.16. The number of hydrogen-bond donors (Lipinski definition) is 2. The monoisotopic (exact) mass is 241 g/mol. The van der Waals surface area contributed by atoms with Crippen LogP contribution in [0.5, 0.6) is 0 Å². The second-order valence-corrected chi connectivity index (χ2v) is 4.54. The van der Waals surface area contributed by atoms with E-state index < -0.39 is 0 Å². The van der Waals surface area contributed by atoms with Gasteiger partial charge in [0.2, 0.25) is 0 Å². The second kappa shape index (κ2) is 9.51. The molecule has 0 saturated carbocycles. The molecule has 3 nitrogen and oxygen atoms in total. The van der Waals surface area contributed by atoms with Crippen molar-refractivity contribution in [2.45, 2.75) is 6.42 Å². The molecule has 16 heavy (non-hydrogen) atoms. The molecule has 0 bridgehead atoms. The highest BCUT2D eigenvalue weighted by molar-refractivity contribution is 7.99. The largest absolute Gasteiger partial charge is 0.465 e. The fourth-order valence-electron chi connectivity index (χ4n) is 1.16. The normalized spacial score (nSPS) is 11.3. The van der Waals surface area contributed by atoms with Gasteiger partial charge < -0.3 is 14.8 Å². The van der Waals surface area contributed by atoms with E-state index in [1.54, 1.807) is 6.26 Å². The Labute approximate surface area is 101 Å². The van der Waals surface area contributed by atoms with Crippen LogP contribution < -0.4 is 5.32 Å². The Morgan fingerprint density at radius 3 is 3.12 bits per heavy atom. The van der Waals surface area contributed by atoms with Crippen LogP contribution in [0.15, 0.2) is 28.9 Å². The van der Waals surface area contributed by atoms with Gasteiger partial charge in [-0.05, 0) is 30.4 Å². The summed E-state index contributed by atoms with van der Waals surface area (Å²) in [4.78, 5) is 0. The number of rotatable bonds is 9. The molecule has 0 aliphatic carbocycles. The van der Waals surface area contributed by atoms with Gasteiger partial charge in [-0.25, -0.2) is 0 Å². The summed E-state index contributed by atoms with van der Waals surface area (Å²) < 4.78 is 5.16. The molecular formula is C12H19NO2S. The zero-order valence-electron chi connectivity index (χ0n) is 9.39. The molecule has 0 radical (unpaired) electrons. The lowest BCUT2D eigenvalue weighted by atomic mass is 10.4. The molecule has 0 spiro atoms. The number of hydrogen-bond acceptors (Lipinski definition) is 4. The van der Waals surface area contributed by atoms with Gasteiger partial charge >= 0.3 is 0 Å². The lowest BCUT2D eigenvalue weighted by molar-refractivity contribution is 0.296. The van der Waals surface area contributed by atoms with Gasteiger partial charge in [-0.1, -0.05) is 6.08 Å². The third-order valence-corrected chi connectivity index (χ3v) is 3.03. The minimum atomic E-state index is 0.298. The smallest absolute Gasteiger partial charge is 0.126 e. The summed E-state index contributed by atoms with van der Waals surface area (Å²) in [6.07, 6.45) is 6.58. The van der Waals surface area contributed by atoms with E-state index in [9.17, 15) is 0 Å². The van der Waals surface area contributed by atoms with Crippen LogP contribution in [0.1, 0.15) is 12.2 Å². The molecule has 4 heteroatoms. The first-order valence-corrected chi connectivity index (χ1v) is 6.68. The molecule has 0 atom stereocenters. The molecule has 0 amide bonds. The highest BCUT2D eigenvalue weighted by Crippen LogP contribution is 2.01. The molecule has 0 unspecified atom stereocenters. The summed E-state index contributed by atoms with van der Waals surface area (Å²) in [5.41, 5.74) is 0. The highest BCUT2D eigenvalue weighted by Gasteiger charge is 1.89. The van der Waals surface area contributed by atoms with E-state index in [1.165, 1.54) is 0 Å². The minimum Gasteiger partial charge on any atom is -0.465 e. The van der Waals surface area contributed by atoms with Crippen LogP contribution in [0.25, 0.3) is 6.08 Å². The van der Waals surface area contributed by atoms with Crippen LogP contribution in [0.3, 0.4) is 0 Å². The molecule has 0 aliphatic rings. The predicted octanol–water partition coefficient (Wildman–Crippen LogP) is 2.00. The maximum Gasteiger partial charge on any atom is 0.126 e. The van der Waals surface area contributed by atoms with Crippen LogP contribution in [0, 0.1) is 0 Å². The predicted molar refractivity (Wildman–Crippen MR) is 69.6 cm³/mol. The van der Waals surface area contributed by atoms with Gasteiger partial charge in [0.15, 0.2) is 0 Å². The van der Waals surface area contributed by atoms with E-state index in [0.717, 1.165) is 36.8 Å². The first-order chi connectivity index (χ1) is 7.93. The van der Waals surface area contributed by atoms with Crippen molar-refractivity contribution in [1.82, 2.24) is 5.32 Å². The number of aliphatic hydroxyl groups excluding tert-OH is 1. The molecule has 90 valence electrons. The SMILES string of the molecule is OCCCSCCNC/C=C/c1ccco1. The van der Waals surface area contributed by atoms with E-state index >= 15 is 0 Å². The van der Waals surface area contributed by atoms with Gasteiger partial charge in [0, 0.05) is 25.4 Å². The van der Waals surface area contributed by atoms with Crippen LogP contribution in [-0.2, 0) is 0 Å². The molecule has 1 aromatic rings. The van der Waals surface area contributed by atoms with Crippen molar-refractivity contribution < 1.29 is 9.52 Å². The quantitative estimate of drug-likeness (QED) is 0.649. The average Bonchev–Trinajstić information content (AvgIpc) is 2.80.